The van der Waals surface area contributed by atoms with Crippen molar-refractivity contribution in [2.75, 3.05) is 25.8 Å². The van der Waals surface area contributed by atoms with Crippen LogP contribution in [0, 0.1) is 11.3 Å². The van der Waals surface area contributed by atoms with Crippen LogP contribution in [0.4, 0.5) is 5.69 Å². The van der Waals surface area contributed by atoms with E-state index in [2.05, 4.69) is 5.32 Å². The molecule has 0 atom stereocenters. The number of amides is 1. The molecule has 1 heterocycles. The number of hydrogen-bond donors (Lipinski definition) is 1. The highest BCUT2D eigenvalue weighted by molar-refractivity contribution is 6.09. The molecular weight excluding hydrogens is 348 g/mol. The summed E-state index contributed by atoms with van der Waals surface area (Å²) < 4.78 is 21.3. The highest BCUT2D eigenvalue weighted by atomic mass is 16.7. The lowest BCUT2D eigenvalue weighted by Crippen LogP contribution is -2.13. The normalized spacial score (nSPS) is 12.3. The molecule has 0 bridgehead atoms. The summed E-state index contributed by atoms with van der Waals surface area (Å²) in [5.41, 5.74) is 1.03. The molecule has 1 aliphatic heterocycles. The first kappa shape index (κ1) is 18.1. The van der Waals surface area contributed by atoms with E-state index >= 15 is 0 Å². The fraction of sp³-hybridized carbons (Fsp3) is 0.200. The van der Waals surface area contributed by atoms with Gasteiger partial charge in [-0.3, -0.25) is 4.79 Å². The predicted octanol–water partition coefficient (Wildman–Crippen LogP) is 3.37. The zero-order chi connectivity index (χ0) is 19.2. The first-order chi connectivity index (χ1) is 13.1. The first-order valence-electron chi connectivity index (χ1n) is 8.28. The molecule has 0 spiro atoms. The van der Waals surface area contributed by atoms with Gasteiger partial charge >= 0.3 is 0 Å². The van der Waals surface area contributed by atoms with Crippen LogP contribution >= 0.6 is 0 Å². The average Bonchev–Trinajstić information content (AvgIpc) is 3.14. The van der Waals surface area contributed by atoms with Gasteiger partial charge in [0.25, 0.3) is 5.91 Å². The highest BCUT2D eigenvalue weighted by Crippen LogP contribution is 2.38. The molecule has 1 amide bonds. The van der Waals surface area contributed by atoms with Crippen LogP contribution in [0.2, 0.25) is 0 Å². The van der Waals surface area contributed by atoms with Crippen LogP contribution in [0.1, 0.15) is 12.5 Å². The Labute approximate surface area is 156 Å². The number of anilines is 1. The maximum atomic E-state index is 12.5. The van der Waals surface area contributed by atoms with Crippen LogP contribution in [0.15, 0.2) is 42.0 Å². The molecule has 0 unspecified atom stereocenters. The quantitative estimate of drug-likeness (QED) is 0.623. The van der Waals surface area contributed by atoms with Gasteiger partial charge in [0, 0.05) is 17.3 Å². The van der Waals surface area contributed by atoms with Gasteiger partial charge in [0.1, 0.15) is 23.1 Å². The van der Waals surface area contributed by atoms with Gasteiger partial charge in [-0.2, -0.15) is 5.26 Å². The molecule has 3 rings (SSSR count). The summed E-state index contributed by atoms with van der Waals surface area (Å²) in [4.78, 5) is 12.5. The Balaban J connectivity index is 1.82. The topological polar surface area (TPSA) is 89.8 Å². The predicted molar refractivity (Wildman–Crippen MR) is 98.9 cm³/mol. The number of fused-ring (bicyclic) bond motifs is 1. The van der Waals surface area contributed by atoms with Crippen molar-refractivity contribution >= 4 is 17.7 Å². The Bertz CT molecular complexity index is 913. The number of hydrogen-bond acceptors (Lipinski definition) is 6. The van der Waals surface area contributed by atoms with E-state index in [9.17, 15) is 10.1 Å². The molecule has 0 fully saturated rings. The van der Waals surface area contributed by atoms with Crippen LogP contribution in [0.25, 0.3) is 6.08 Å². The Morgan fingerprint density at radius 2 is 1.96 bits per heavy atom. The molecular formula is C20H18N2O5. The number of benzene rings is 2. The minimum absolute atomic E-state index is 0.0685. The third kappa shape index (κ3) is 4.12. The summed E-state index contributed by atoms with van der Waals surface area (Å²) in [6.07, 6.45) is 1.45. The third-order valence-electron chi connectivity index (χ3n) is 3.81. The zero-order valence-electron chi connectivity index (χ0n) is 14.9. The summed E-state index contributed by atoms with van der Waals surface area (Å²) in [7, 11) is 1.50. The van der Waals surface area contributed by atoms with Crippen molar-refractivity contribution in [3.8, 4) is 29.1 Å². The number of rotatable bonds is 6. The van der Waals surface area contributed by atoms with E-state index in [1.165, 1.54) is 13.2 Å². The van der Waals surface area contributed by atoms with Crippen molar-refractivity contribution < 1.29 is 23.7 Å². The van der Waals surface area contributed by atoms with Gasteiger partial charge in [-0.25, -0.2) is 0 Å². The summed E-state index contributed by atoms with van der Waals surface area (Å²) in [5.74, 6) is 1.74. The molecule has 7 heteroatoms. The largest absolute Gasteiger partial charge is 0.496 e. The van der Waals surface area contributed by atoms with Crippen LogP contribution in [-0.4, -0.2) is 26.4 Å². The summed E-state index contributed by atoms with van der Waals surface area (Å²) >= 11 is 0. The molecule has 7 nitrogen and oxygen atoms in total. The highest BCUT2D eigenvalue weighted by Gasteiger charge is 2.18. The molecule has 138 valence electrons. The van der Waals surface area contributed by atoms with Crippen LogP contribution < -0.4 is 24.3 Å². The van der Waals surface area contributed by atoms with Crippen molar-refractivity contribution in [2.24, 2.45) is 0 Å². The summed E-state index contributed by atoms with van der Waals surface area (Å²) in [6, 6.07) is 12.2. The molecule has 2 aromatic rings. The Morgan fingerprint density at radius 3 is 2.59 bits per heavy atom. The monoisotopic (exact) mass is 366 g/mol. The number of methoxy groups -OCH3 is 1. The molecule has 0 aromatic heterocycles. The number of nitrogens with zero attached hydrogens (tertiary/aromatic N) is 1. The van der Waals surface area contributed by atoms with E-state index in [0.29, 0.717) is 40.9 Å². The second-order valence-electron chi connectivity index (χ2n) is 5.53. The van der Waals surface area contributed by atoms with Gasteiger partial charge in [0.2, 0.25) is 6.79 Å². The Hall–Kier alpha value is -3.66. The molecule has 27 heavy (non-hydrogen) atoms. The third-order valence-corrected chi connectivity index (χ3v) is 3.81. The van der Waals surface area contributed by atoms with Gasteiger partial charge in [-0.15, -0.1) is 0 Å². The van der Waals surface area contributed by atoms with Gasteiger partial charge in [-0.05, 0) is 43.3 Å². The minimum atomic E-state index is -0.527. The lowest BCUT2D eigenvalue weighted by Gasteiger charge is -2.08. The Kier molecular flexibility index (Phi) is 5.47. The molecule has 0 aliphatic carbocycles. The lowest BCUT2D eigenvalue weighted by atomic mass is 10.1. The second-order valence-corrected chi connectivity index (χ2v) is 5.53. The van der Waals surface area contributed by atoms with E-state index < -0.39 is 5.91 Å². The van der Waals surface area contributed by atoms with Crippen molar-refractivity contribution in [2.45, 2.75) is 6.92 Å². The SMILES string of the molecule is CCOc1ccc(NC(=O)/C(C#N)=C/c2cc3c(cc2OC)OCO3)cc1. The molecule has 2 aromatic carbocycles. The molecule has 0 saturated heterocycles. The van der Waals surface area contributed by atoms with E-state index in [0.717, 1.165) is 0 Å². The smallest absolute Gasteiger partial charge is 0.266 e. The first-order valence-corrected chi connectivity index (χ1v) is 8.28. The summed E-state index contributed by atoms with van der Waals surface area (Å²) in [6.45, 7) is 2.57. The molecule has 1 aliphatic rings. The average molecular weight is 366 g/mol. The number of nitrogens with one attached hydrogen (secondary N) is 1. The van der Waals surface area contributed by atoms with Crippen LogP contribution in [-0.2, 0) is 4.79 Å². The lowest BCUT2D eigenvalue weighted by molar-refractivity contribution is -0.112. The molecule has 0 saturated carbocycles. The van der Waals surface area contributed by atoms with Gasteiger partial charge < -0.3 is 24.3 Å². The number of carbonyl (C=O) groups is 1. The van der Waals surface area contributed by atoms with Gasteiger partial charge in [0.15, 0.2) is 11.5 Å². The fourth-order valence-corrected chi connectivity index (χ4v) is 2.53. The molecule has 1 N–H and O–H groups in total. The second kappa shape index (κ2) is 8.15. The Morgan fingerprint density at radius 1 is 1.26 bits per heavy atom. The summed E-state index contributed by atoms with van der Waals surface area (Å²) in [5, 5.41) is 12.1. The van der Waals surface area contributed by atoms with E-state index in [4.69, 9.17) is 18.9 Å². The van der Waals surface area contributed by atoms with Crippen LogP contribution in [0.5, 0.6) is 23.0 Å². The van der Waals surface area contributed by atoms with E-state index in [-0.39, 0.29) is 12.4 Å². The standard InChI is InChI=1S/C20H18N2O5/c1-3-25-16-6-4-15(5-7-16)22-20(23)14(11-21)8-13-9-18-19(27-12-26-18)10-17(13)24-2/h4-10H,3,12H2,1-2H3,(H,22,23)/b14-8+. The number of nitriles is 1. The van der Waals surface area contributed by atoms with Gasteiger partial charge in [0.05, 0.1) is 13.7 Å². The fourth-order valence-electron chi connectivity index (χ4n) is 2.53. The maximum absolute atomic E-state index is 12.5. The van der Waals surface area contributed by atoms with Crippen LogP contribution in [0.3, 0.4) is 0 Å². The van der Waals surface area contributed by atoms with Crippen molar-refractivity contribution in [1.29, 1.82) is 5.26 Å². The number of ether oxygens (including phenoxy) is 4. The van der Waals surface area contributed by atoms with Crippen molar-refractivity contribution in [3.05, 3.63) is 47.5 Å². The maximum Gasteiger partial charge on any atom is 0.266 e. The minimum Gasteiger partial charge on any atom is -0.496 e. The van der Waals surface area contributed by atoms with E-state index in [1.807, 2.05) is 13.0 Å². The number of carbonyl (C=O) groups excluding carboxylic acids is 1. The van der Waals surface area contributed by atoms with Gasteiger partial charge in [-0.1, -0.05) is 0 Å². The van der Waals surface area contributed by atoms with Crippen molar-refractivity contribution in [3.63, 3.8) is 0 Å². The zero-order valence-corrected chi connectivity index (χ0v) is 14.9. The van der Waals surface area contributed by atoms with Crippen molar-refractivity contribution in [1.82, 2.24) is 0 Å². The van der Waals surface area contributed by atoms with E-state index in [1.54, 1.807) is 36.4 Å². The molecule has 0 radical (unpaired) electrons.